The van der Waals surface area contributed by atoms with Crippen molar-refractivity contribution in [3.8, 4) is 0 Å². The van der Waals surface area contributed by atoms with Crippen molar-refractivity contribution in [2.24, 2.45) is 0 Å². The monoisotopic (exact) mass is 485 g/mol. The maximum atomic E-state index is 12.6. The Hall–Kier alpha value is -2.20. The van der Waals surface area contributed by atoms with Gasteiger partial charge in [-0.2, -0.15) is 0 Å². The molecule has 0 unspecified atom stereocenters. The summed E-state index contributed by atoms with van der Waals surface area (Å²) in [4.78, 5) is 36.5. The summed E-state index contributed by atoms with van der Waals surface area (Å²) in [5.74, 6) is -0.484. The molecule has 134 valence electrons. The molecular formula is C17H13ClIN3O4. The Kier molecular flexibility index (Phi) is 5.42. The zero-order chi connectivity index (χ0) is 18.8. The first-order valence-electron chi connectivity index (χ1n) is 7.72. The van der Waals surface area contributed by atoms with Crippen LogP contribution >= 0.6 is 34.2 Å². The number of hydrogen-bond donors (Lipinski definition) is 1. The average molecular weight is 486 g/mol. The zero-order valence-electron chi connectivity index (χ0n) is 13.4. The standard InChI is InChI=1S/C17H13ClIN3O4/c18-13-5-3-10(21-7-1-2-16(21)23)9-15(13)20-17(24)12-8-11(22(25)26)4-6-14(12)19/h3-6,8-9H,1-2,7H2,(H,20,24). The number of rotatable bonds is 4. The molecule has 7 nitrogen and oxygen atoms in total. The van der Waals surface area contributed by atoms with Gasteiger partial charge >= 0.3 is 0 Å². The quantitative estimate of drug-likeness (QED) is 0.398. The molecule has 26 heavy (non-hydrogen) atoms. The lowest BCUT2D eigenvalue weighted by Gasteiger charge is -2.17. The number of carbonyl (C=O) groups is 2. The van der Waals surface area contributed by atoms with Gasteiger partial charge in [0.1, 0.15) is 0 Å². The number of amides is 2. The van der Waals surface area contributed by atoms with Gasteiger partial charge in [-0.15, -0.1) is 0 Å². The lowest BCUT2D eigenvalue weighted by molar-refractivity contribution is -0.384. The van der Waals surface area contributed by atoms with Crippen LogP contribution in [0.15, 0.2) is 36.4 Å². The van der Waals surface area contributed by atoms with E-state index < -0.39 is 10.8 Å². The van der Waals surface area contributed by atoms with Gasteiger partial charge in [0, 0.05) is 34.4 Å². The zero-order valence-corrected chi connectivity index (χ0v) is 16.3. The predicted molar refractivity (Wildman–Crippen MR) is 107 cm³/mol. The van der Waals surface area contributed by atoms with E-state index in [4.69, 9.17) is 11.6 Å². The van der Waals surface area contributed by atoms with Crippen molar-refractivity contribution < 1.29 is 14.5 Å². The molecule has 1 fully saturated rings. The maximum Gasteiger partial charge on any atom is 0.270 e. The van der Waals surface area contributed by atoms with E-state index in [-0.39, 0.29) is 17.2 Å². The van der Waals surface area contributed by atoms with Gasteiger partial charge < -0.3 is 10.2 Å². The number of anilines is 2. The minimum absolute atomic E-state index is 0.0258. The van der Waals surface area contributed by atoms with E-state index in [0.29, 0.717) is 32.9 Å². The molecule has 0 bridgehead atoms. The van der Waals surface area contributed by atoms with Crippen LogP contribution in [0.3, 0.4) is 0 Å². The van der Waals surface area contributed by atoms with Crippen LogP contribution in [-0.2, 0) is 4.79 Å². The number of halogens is 2. The third kappa shape index (κ3) is 3.80. The molecule has 9 heteroatoms. The molecule has 0 aliphatic carbocycles. The number of carbonyl (C=O) groups excluding carboxylic acids is 2. The maximum absolute atomic E-state index is 12.6. The van der Waals surface area contributed by atoms with Crippen LogP contribution in [0, 0.1) is 13.7 Å². The molecule has 1 aliphatic heterocycles. The second kappa shape index (κ2) is 7.58. The Bertz CT molecular complexity index is 919. The Labute approximate surface area is 167 Å². The Morgan fingerprint density at radius 2 is 2.04 bits per heavy atom. The van der Waals surface area contributed by atoms with Crippen LogP contribution in [-0.4, -0.2) is 23.3 Å². The average Bonchev–Trinajstić information content (AvgIpc) is 3.03. The number of nitrogens with one attached hydrogen (secondary N) is 1. The summed E-state index contributed by atoms with van der Waals surface area (Å²) in [7, 11) is 0. The highest BCUT2D eigenvalue weighted by atomic mass is 127. The van der Waals surface area contributed by atoms with Crippen molar-refractivity contribution in [2.45, 2.75) is 12.8 Å². The summed E-state index contributed by atoms with van der Waals surface area (Å²) < 4.78 is 0.577. The predicted octanol–water partition coefficient (Wildman–Crippen LogP) is 4.23. The fourth-order valence-corrected chi connectivity index (χ4v) is 3.43. The summed E-state index contributed by atoms with van der Waals surface area (Å²) in [6.45, 7) is 0.622. The molecule has 0 spiro atoms. The molecular weight excluding hydrogens is 473 g/mol. The SMILES string of the molecule is O=C(Nc1cc(N2CCCC2=O)ccc1Cl)c1cc([N+](=O)[O-])ccc1I. The Morgan fingerprint density at radius 3 is 2.69 bits per heavy atom. The highest BCUT2D eigenvalue weighted by Gasteiger charge is 2.23. The first-order chi connectivity index (χ1) is 12.4. The fraction of sp³-hybridized carbons (Fsp3) is 0.176. The van der Waals surface area contributed by atoms with E-state index >= 15 is 0 Å². The number of nitro groups is 1. The second-order valence-electron chi connectivity index (χ2n) is 5.69. The molecule has 2 aromatic rings. The summed E-state index contributed by atoms with van der Waals surface area (Å²) in [5, 5.41) is 13.9. The van der Waals surface area contributed by atoms with E-state index in [1.54, 1.807) is 23.1 Å². The van der Waals surface area contributed by atoms with Gasteiger partial charge in [-0.25, -0.2) is 0 Å². The van der Waals surface area contributed by atoms with Crippen LogP contribution in [0.25, 0.3) is 0 Å². The Morgan fingerprint density at radius 1 is 1.27 bits per heavy atom. The van der Waals surface area contributed by atoms with Gasteiger partial charge in [0.05, 0.1) is 21.2 Å². The first kappa shape index (κ1) is 18.6. The van der Waals surface area contributed by atoms with E-state index in [2.05, 4.69) is 5.32 Å². The number of hydrogen-bond acceptors (Lipinski definition) is 4. The topological polar surface area (TPSA) is 92.6 Å². The highest BCUT2D eigenvalue weighted by Crippen LogP contribution is 2.31. The number of non-ortho nitro benzene ring substituents is 1. The van der Waals surface area contributed by atoms with Gasteiger partial charge in [-0.3, -0.25) is 19.7 Å². The lowest BCUT2D eigenvalue weighted by atomic mass is 10.2. The molecule has 0 aromatic heterocycles. The van der Waals surface area contributed by atoms with Crippen LogP contribution in [0.4, 0.5) is 17.1 Å². The van der Waals surface area contributed by atoms with E-state index in [9.17, 15) is 19.7 Å². The highest BCUT2D eigenvalue weighted by molar-refractivity contribution is 14.1. The number of benzene rings is 2. The smallest absolute Gasteiger partial charge is 0.270 e. The molecule has 0 radical (unpaired) electrons. The van der Waals surface area contributed by atoms with Gasteiger partial charge in [-0.1, -0.05) is 11.6 Å². The van der Waals surface area contributed by atoms with Crippen LogP contribution in [0.1, 0.15) is 23.2 Å². The van der Waals surface area contributed by atoms with Crippen molar-refractivity contribution in [3.63, 3.8) is 0 Å². The van der Waals surface area contributed by atoms with Crippen LogP contribution in [0.5, 0.6) is 0 Å². The van der Waals surface area contributed by atoms with Crippen molar-refractivity contribution in [1.29, 1.82) is 0 Å². The summed E-state index contributed by atoms with van der Waals surface area (Å²) >= 11 is 8.10. The first-order valence-corrected chi connectivity index (χ1v) is 9.17. The van der Waals surface area contributed by atoms with Crippen LogP contribution < -0.4 is 10.2 Å². The third-order valence-corrected chi connectivity index (χ3v) is 5.26. The normalized spacial score (nSPS) is 13.8. The fourth-order valence-electron chi connectivity index (χ4n) is 2.69. The molecule has 1 aliphatic rings. The van der Waals surface area contributed by atoms with Gasteiger partial charge in [0.2, 0.25) is 5.91 Å². The van der Waals surface area contributed by atoms with E-state index in [1.807, 2.05) is 22.6 Å². The van der Waals surface area contributed by atoms with E-state index in [1.165, 1.54) is 18.2 Å². The third-order valence-electron chi connectivity index (χ3n) is 3.99. The molecule has 1 N–H and O–H groups in total. The minimum atomic E-state index is -0.556. The summed E-state index contributed by atoms with van der Waals surface area (Å²) in [6.07, 6.45) is 1.28. The summed E-state index contributed by atoms with van der Waals surface area (Å²) in [6, 6.07) is 9.03. The van der Waals surface area contributed by atoms with Crippen molar-refractivity contribution in [1.82, 2.24) is 0 Å². The van der Waals surface area contributed by atoms with Crippen molar-refractivity contribution in [3.05, 3.63) is 60.7 Å². The lowest BCUT2D eigenvalue weighted by Crippen LogP contribution is -2.24. The molecule has 3 rings (SSSR count). The number of nitro benzene ring substituents is 1. The van der Waals surface area contributed by atoms with Gasteiger partial charge in [0.15, 0.2) is 0 Å². The van der Waals surface area contributed by atoms with Crippen molar-refractivity contribution in [2.75, 3.05) is 16.8 Å². The molecule has 1 saturated heterocycles. The van der Waals surface area contributed by atoms with Gasteiger partial charge in [0.25, 0.3) is 11.6 Å². The largest absolute Gasteiger partial charge is 0.321 e. The van der Waals surface area contributed by atoms with Gasteiger partial charge in [-0.05, 0) is 53.3 Å². The molecule has 2 amide bonds. The Balaban J connectivity index is 1.89. The molecule has 2 aromatic carbocycles. The molecule has 0 saturated carbocycles. The number of nitrogens with zero attached hydrogens (tertiary/aromatic N) is 2. The minimum Gasteiger partial charge on any atom is -0.321 e. The molecule has 0 atom stereocenters. The summed E-state index contributed by atoms with van der Waals surface area (Å²) in [5.41, 5.74) is 1.01. The van der Waals surface area contributed by atoms with Crippen LogP contribution in [0.2, 0.25) is 5.02 Å². The second-order valence-corrected chi connectivity index (χ2v) is 7.26. The van der Waals surface area contributed by atoms with Crippen molar-refractivity contribution >= 4 is 63.1 Å². The molecule has 1 heterocycles. The van der Waals surface area contributed by atoms with E-state index in [0.717, 1.165) is 6.42 Å².